The normalized spacial score (nSPS) is 11.0. The number of pyridine rings is 1. The van der Waals surface area contributed by atoms with Crippen LogP contribution in [0.4, 0.5) is 0 Å². The third-order valence-corrected chi connectivity index (χ3v) is 4.80. The largest absolute Gasteiger partial charge is 0.339 e. The van der Waals surface area contributed by atoms with Gasteiger partial charge in [-0.2, -0.15) is 0 Å². The molecule has 24 heavy (non-hydrogen) atoms. The third-order valence-electron chi connectivity index (χ3n) is 4.80. The molecule has 0 saturated heterocycles. The molecular weight excluding hydrogens is 292 g/mol. The first-order chi connectivity index (χ1) is 11.6. The number of rotatable bonds is 5. The molecule has 0 aliphatic heterocycles. The van der Waals surface area contributed by atoms with Gasteiger partial charge < -0.3 is 4.57 Å². The molecule has 0 aliphatic carbocycles. The van der Waals surface area contributed by atoms with Crippen LogP contribution in [0.3, 0.4) is 0 Å². The van der Waals surface area contributed by atoms with Crippen molar-refractivity contribution >= 4 is 10.9 Å². The van der Waals surface area contributed by atoms with Gasteiger partial charge in [-0.3, -0.25) is 4.98 Å². The molecule has 1 aromatic carbocycles. The van der Waals surface area contributed by atoms with E-state index in [2.05, 4.69) is 74.7 Å². The number of hydrogen-bond acceptors (Lipinski definition) is 1. The first kappa shape index (κ1) is 16.5. The average Bonchev–Trinajstić information content (AvgIpc) is 2.84. The van der Waals surface area contributed by atoms with Crippen molar-refractivity contribution in [1.29, 1.82) is 0 Å². The number of allylic oxidation sites excluding steroid dienone is 2. The highest BCUT2D eigenvalue weighted by Gasteiger charge is 2.14. The zero-order valence-corrected chi connectivity index (χ0v) is 15.1. The van der Waals surface area contributed by atoms with E-state index in [1.54, 1.807) is 0 Å². The molecule has 2 nitrogen and oxygen atoms in total. The second-order valence-corrected chi connectivity index (χ2v) is 6.74. The van der Waals surface area contributed by atoms with Gasteiger partial charge in [0.2, 0.25) is 0 Å². The van der Waals surface area contributed by atoms with E-state index in [4.69, 9.17) is 4.98 Å². The zero-order chi connectivity index (χ0) is 17.1. The van der Waals surface area contributed by atoms with E-state index in [0.29, 0.717) is 0 Å². The van der Waals surface area contributed by atoms with Crippen LogP contribution in [0, 0.1) is 13.8 Å². The molecule has 0 aliphatic rings. The second-order valence-electron chi connectivity index (χ2n) is 6.74. The Morgan fingerprint density at radius 1 is 1.04 bits per heavy atom. The molecular formula is C22H26N2. The maximum atomic E-state index is 4.72. The lowest BCUT2D eigenvalue weighted by atomic mass is 10.1. The van der Waals surface area contributed by atoms with Crippen molar-refractivity contribution in [3.8, 4) is 0 Å². The Labute approximate surface area is 144 Å². The standard InChI is InChI=1S/C22H26N2/c1-16(2)13-15-24-18(4)17(3)20-12-14-23-21(22(20)24)11-10-19-8-6-5-7-9-19/h5-9,12-14H,10-11,15H2,1-4H3. The van der Waals surface area contributed by atoms with Crippen LogP contribution < -0.4 is 0 Å². The minimum absolute atomic E-state index is 0.919. The predicted octanol–water partition coefficient (Wildman–Crippen LogP) is 5.40. The Hall–Kier alpha value is -2.35. The first-order valence-corrected chi connectivity index (χ1v) is 8.68. The van der Waals surface area contributed by atoms with Crippen LogP contribution in [0.1, 0.15) is 36.4 Å². The molecule has 2 aromatic heterocycles. The van der Waals surface area contributed by atoms with Gasteiger partial charge in [0.05, 0.1) is 11.2 Å². The van der Waals surface area contributed by atoms with Crippen LogP contribution in [0.25, 0.3) is 10.9 Å². The van der Waals surface area contributed by atoms with Crippen molar-refractivity contribution < 1.29 is 0 Å². The van der Waals surface area contributed by atoms with Crippen molar-refractivity contribution in [2.45, 2.75) is 47.1 Å². The first-order valence-electron chi connectivity index (χ1n) is 8.68. The lowest BCUT2D eigenvalue weighted by Crippen LogP contribution is -2.03. The summed E-state index contributed by atoms with van der Waals surface area (Å²) in [4.78, 5) is 4.72. The Kier molecular flexibility index (Phi) is 4.84. The SMILES string of the molecule is CC(C)=CCn1c(C)c(C)c2ccnc(CCc3ccccc3)c21. The lowest BCUT2D eigenvalue weighted by molar-refractivity contribution is 0.802. The van der Waals surface area contributed by atoms with Crippen LogP contribution in [-0.4, -0.2) is 9.55 Å². The number of nitrogens with zero attached hydrogens (tertiary/aromatic N) is 2. The van der Waals surface area contributed by atoms with Crippen molar-refractivity contribution in [3.05, 3.63) is 76.8 Å². The van der Waals surface area contributed by atoms with Gasteiger partial charge in [-0.05, 0) is 57.7 Å². The number of hydrogen-bond donors (Lipinski definition) is 0. The average molecular weight is 318 g/mol. The predicted molar refractivity (Wildman–Crippen MR) is 102 cm³/mol. The molecule has 0 radical (unpaired) electrons. The van der Waals surface area contributed by atoms with Gasteiger partial charge in [0, 0.05) is 23.8 Å². The Bertz CT molecular complexity index is 866. The molecule has 0 bridgehead atoms. The fourth-order valence-electron chi connectivity index (χ4n) is 3.26. The van der Waals surface area contributed by atoms with Gasteiger partial charge in [0.25, 0.3) is 0 Å². The summed E-state index contributed by atoms with van der Waals surface area (Å²) < 4.78 is 2.42. The monoisotopic (exact) mass is 318 g/mol. The topological polar surface area (TPSA) is 17.8 Å². The minimum Gasteiger partial charge on any atom is -0.339 e. The van der Waals surface area contributed by atoms with Crippen molar-refractivity contribution in [2.24, 2.45) is 0 Å². The number of aromatic nitrogens is 2. The molecule has 2 heterocycles. The van der Waals surface area contributed by atoms with Gasteiger partial charge in [0.15, 0.2) is 0 Å². The van der Waals surface area contributed by atoms with E-state index in [1.165, 1.54) is 39.0 Å². The lowest BCUT2D eigenvalue weighted by Gasteiger charge is -2.10. The maximum Gasteiger partial charge on any atom is 0.0707 e. The molecule has 0 fully saturated rings. The number of fused-ring (bicyclic) bond motifs is 1. The van der Waals surface area contributed by atoms with Gasteiger partial charge in [0.1, 0.15) is 0 Å². The van der Waals surface area contributed by atoms with E-state index in [1.807, 2.05) is 6.20 Å². The van der Waals surface area contributed by atoms with Crippen LogP contribution in [0.5, 0.6) is 0 Å². The summed E-state index contributed by atoms with van der Waals surface area (Å²) in [7, 11) is 0. The van der Waals surface area contributed by atoms with Crippen molar-refractivity contribution in [3.63, 3.8) is 0 Å². The summed E-state index contributed by atoms with van der Waals surface area (Å²) in [6, 6.07) is 12.8. The van der Waals surface area contributed by atoms with Crippen LogP contribution in [0.15, 0.2) is 54.2 Å². The molecule has 0 N–H and O–H groups in total. The van der Waals surface area contributed by atoms with Gasteiger partial charge in [-0.15, -0.1) is 0 Å². The summed E-state index contributed by atoms with van der Waals surface area (Å²) >= 11 is 0. The van der Waals surface area contributed by atoms with Crippen molar-refractivity contribution in [1.82, 2.24) is 9.55 Å². The fourth-order valence-corrected chi connectivity index (χ4v) is 3.26. The summed E-state index contributed by atoms with van der Waals surface area (Å²) in [5.41, 5.74) is 7.94. The third kappa shape index (κ3) is 3.28. The van der Waals surface area contributed by atoms with E-state index in [-0.39, 0.29) is 0 Å². The molecule has 0 amide bonds. The van der Waals surface area contributed by atoms with Crippen LogP contribution in [-0.2, 0) is 19.4 Å². The molecule has 124 valence electrons. The minimum atomic E-state index is 0.919. The number of benzene rings is 1. The molecule has 0 spiro atoms. The zero-order valence-electron chi connectivity index (χ0n) is 15.1. The smallest absolute Gasteiger partial charge is 0.0707 e. The molecule has 0 atom stereocenters. The summed E-state index contributed by atoms with van der Waals surface area (Å²) in [6.45, 7) is 9.67. The van der Waals surface area contributed by atoms with Gasteiger partial charge in [-0.25, -0.2) is 0 Å². The van der Waals surface area contributed by atoms with Crippen LogP contribution in [0.2, 0.25) is 0 Å². The van der Waals surface area contributed by atoms with E-state index >= 15 is 0 Å². The molecule has 0 unspecified atom stereocenters. The number of aryl methyl sites for hydroxylation is 3. The Balaban J connectivity index is 2.01. The second kappa shape index (κ2) is 7.04. The molecule has 2 heteroatoms. The molecule has 3 rings (SSSR count). The maximum absolute atomic E-state index is 4.72. The fraction of sp³-hybridized carbons (Fsp3) is 0.318. The Morgan fingerprint density at radius 2 is 1.79 bits per heavy atom. The Morgan fingerprint density at radius 3 is 2.50 bits per heavy atom. The highest BCUT2D eigenvalue weighted by molar-refractivity contribution is 5.87. The summed E-state index contributed by atoms with van der Waals surface area (Å²) in [6.07, 6.45) is 6.25. The van der Waals surface area contributed by atoms with Crippen LogP contribution >= 0.6 is 0 Å². The highest BCUT2D eigenvalue weighted by Crippen LogP contribution is 2.27. The van der Waals surface area contributed by atoms with Gasteiger partial charge in [-0.1, -0.05) is 42.0 Å². The van der Waals surface area contributed by atoms with E-state index < -0.39 is 0 Å². The van der Waals surface area contributed by atoms with Gasteiger partial charge >= 0.3 is 0 Å². The van der Waals surface area contributed by atoms with E-state index in [0.717, 1.165) is 19.4 Å². The van der Waals surface area contributed by atoms with Crippen molar-refractivity contribution in [2.75, 3.05) is 0 Å². The summed E-state index contributed by atoms with van der Waals surface area (Å²) in [5.74, 6) is 0. The quantitative estimate of drug-likeness (QED) is 0.576. The van der Waals surface area contributed by atoms with E-state index in [9.17, 15) is 0 Å². The molecule has 3 aromatic rings. The highest BCUT2D eigenvalue weighted by atomic mass is 15.0. The molecule has 0 saturated carbocycles. The summed E-state index contributed by atoms with van der Waals surface area (Å²) in [5, 5.41) is 1.34.